The molecule has 2 aromatic rings. The van der Waals surface area contributed by atoms with Gasteiger partial charge < -0.3 is 4.74 Å². The second-order valence-electron chi connectivity index (χ2n) is 6.98. The van der Waals surface area contributed by atoms with Gasteiger partial charge in [0.05, 0.1) is 11.5 Å². The molecule has 1 aliphatic carbocycles. The van der Waals surface area contributed by atoms with Crippen molar-refractivity contribution in [1.29, 1.82) is 0 Å². The molecule has 0 N–H and O–H groups in total. The highest BCUT2D eigenvalue weighted by Gasteiger charge is 2.35. The van der Waals surface area contributed by atoms with Crippen molar-refractivity contribution in [2.24, 2.45) is 5.92 Å². The van der Waals surface area contributed by atoms with Crippen molar-refractivity contribution >= 4 is 28.9 Å². The minimum atomic E-state index is -0.438. The van der Waals surface area contributed by atoms with Crippen LogP contribution in [-0.2, 0) is 4.74 Å². The Hall–Kier alpha value is -2.27. The van der Waals surface area contributed by atoms with Gasteiger partial charge in [0, 0.05) is 16.7 Å². The molecule has 0 saturated carbocycles. The number of thiophene rings is 1. The summed E-state index contributed by atoms with van der Waals surface area (Å²) in [7, 11) is 0. The maximum atomic E-state index is 12.8. The van der Waals surface area contributed by atoms with Crippen LogP contribution < -0.4 is 0 Å². The van der Waals surface area contributed by atoms with Crippen LogP contribution >= 0.6 is 11.3 Å². The number of fused-ring (bicyclic) bond motifs is 2. The van der Waals surface area contributed by atoms with E-state index in [0.717, 1.165) is 37.0 Å². The molecule has 142 valence electrons. The van der Waals surface area contributed by atoms with Gasteiger partial charge in [-0.1, -0.05) is 57.4 Å². The first-order valence-electron chi connectivity index (χ1n) is 9.48. The molecule has 0 aliphatic heterocycles. The first kappa shape index (κ1) is 19.5. The zero-order valence-electron chi connectivity index (χ0n) is 16.0. The molecule has 1 atom stereocenters. The molecule has 5 heteroatoms. The van der Waals surface area contributed by atoms with Gasteiger partial charge in [-0.25, -0.2) is 4.79 Å². The van der Waals surface area contributed by atoms with E-state index in [1.165, 1.54) is 0 Å². The van der Waals surface area contributed by atoms with Crippen molar-refractivity contribution in [1.82, 2.24) is 0 Å². The second kappa shape index (κ2) is 8.17. The lowest BCUT2D eigenvalue weighted by Gasteiger charge is -2.14. The van der Waals surface area contributed by atoms with Crippen LogP contribution in [0.2, 0.25) is 0 Å². The lowest BCUT2D eigenvalue weighted by atomic mass is 9.87. The number of ketones is 2. The van der Waals surface area contributed by atoms with Gasteiger partial charge in [0.15, 0.2) is 5.78 Å². The van der Waals surface area contributed by atoms with Crippen LogP contribution in [0.5, 0.6) is 0 Å². The summed E-state index contributed by atoms with van der Waals surface area (Å²) in [5, 5.41) is 0. The van der Waals surface area contributed by atoms with E-state index in [9.17, 15) is 14.4 Å². The highest BCUT2D eigenvalue weighted by Crippen LogP contribution is 2.37. The Bertz CT molecular complexity index is 894. The third kappa shape index (κ3) is 3.61. The van der Waals surface area contributed by atoms with Crippen LogP contribution in [0.1, 0.15) is 85.9 Å². The summed E-state index contributed by atoms with van der Waals surface area (Å²) in [4.78, 5) is 39.0. The molecule has 1 aromatic heterocycles. The summed E-state index contributed by atoms with van der Waals surface area (Å²) < 4.78 is 5.53. The van der Waals surface area contributed by atoms with Gasteiger partial charge in [-0.2, -0.15) is 0 Å². The molecular weight excluding hydrogens is 360 g/mol. The number of benzene rings is 1. The minimum absolute atomic E-state index is 0.192. The Morgan fingerprint density at radius 3 is 2.41 bits per heavy atom. The van der Waals surface area contributed by atoms with Crippen molar-refractivity contribution in [2.75, 3.05) is 6.61 Å². The number of carbonyl (C=O) groups excluding carboxylic acids is 3. The Balaban J connectivity index is 1.84. The topological polar surface area (TPSA) is 60.4 Å². The summed E-state index contributed by atoms with van der Waals surface area (Å²) in [6, 6.07) is 6.80. The summed E-state index contributed by atoms with van der Waals surface area (Å²) in [6.45, 7) is 6.33. The van der Waals surface area contributed by atoms with Crippen LogP contribution in [0.3, 0.4) is 0 Å². The van der Waals surface area contributed by atoms with E-state index in [-0.39, 0.29) is 11.6 Å². The monoisotopic (exact) mass is 384 g/mol. The molecule has 0 spiro atoms. The number of hydrogen-bond acceptors (Lipinski definition) is 5. The highest BCUT2D eigenvalue weighted by atomic mass is 32.1. The Labute approximate surface area is 163 Å². The van der Waals surface area contributed by atoms with E-state index in [2.05, 4.69) is 13.8 Å². The number of ether oxygens (including phenoxy) is 1. The van der Waals surface area contributed by atoms with Gasteiger partial charge in [-0.3, -0.25) is 9.59 Å². The molecule has 1 heterocycles. The predicted molar refractivity (Wildman–Crippen MR) is 106 cm³/mol. The number of unbranched alkanes of at least 4 members (excludes halogenated alkanes) is 1. The van der Waals surface area contributed by atoms with Gasteiger partial charge in [0.2, 0.25) is 5.78 Å². The number of esters is 1. The summed E-state index contributed by atoms with van der Waals surface area (Å²) >= 11 is 1.08. The van der Waals surface area contributed by atoms with Gasteiger partial charge in [-0.05, 0) is 24.8 Å². The fourth-order valence-electron chi connectivity index (χ4n) is 3.43. The predicted octanol–water partition coefficient (Wildman–Crippen LogP) is 5.21. The molecule has 1 aliphatic rings. The minimum Gasteiger partial charge on any atom is -0.461 e. The van der Waals surface area contributed by atoms with E-state index in [4.69, 9.17) is 4.74 Å². The highest BCUT2D eigenvalue weighted by molar-refractivity contribution is 7.16. The van der Waals surface area contributed by atoms with Crippen molar-refractivity contribution in [3.8, 4) is 0 Å². The summed E-state index contributed by atoms with van der Waals surface area (Å²) in [5.74, 6) is -0.480. The molecule has 0 radical (unpaired) electrons. The molecule has 1 unspecified atom stereocenters. The van der Waals surface area contributed by atoms with Crippen LogP contribution in [-0.4, -0.2) is 24.1 Å². The zero-order valence-corrected chi connectivity index (χ0v) is 16.8. The normalized spacial score (nSPS) is 13.9. The fraction of sp³-hybridized carbons (Fsp3) is 0.409. The molecule has 27 heavy (non-hydrogen) atoms. The lowest BCUT2D eigenvalue weighted by Crippen LogP contribution is -2.19. The van der Waals surface area contributed by atoms with E-state index in [0.29, 0.717) is 44.5 Å². The first-order chi connectivity index (χ1) is 13.0. The average molecular weight is 384 g/mol. The standard InChI is InChI=1S/C22H24O4S/c1-4-6-9-14(5-2)12-26-22(25)20-13(3)17-18(23)15-10-7-8-11-16(15)19(24)21(17)27-20/h7-8,10-11,14H,4-6,9,12H2,1-3H3. The van der Waals surface area contributed by atoms with Gasteiger partial charge in [0.1, 0.15) is 4.88 Å². The Morgan fingerprint density at radius 2 is 1.78 bits per heavy atom. The van der Waals surface area contributed by atoms with Gasteiger partial charge >= 0.3 is 5.97 Å². The Kier molecular flexibility index (Phi) is 5.90. The fourth-order valence-corrected chi connectivity index (χ4v) is 4.59. The number of rotatable bonds is 7. The van der Waals surface area contributed by atoms with Crippen molar-refractivity contribution in [2.45, 2.75) is 46.5 Å². The molecule has 4 nitrogen and oxygen atoms in total. The maximum Gasteiger partial charge on any atom is 0.348 e. The smallest absolute Gasteiger partial charge is 0.348 e. The summed E-state index contributed by atoms with van der Waals surface area (Å²) in [6.07, 6.45) is 4.22. The molecular formula is C22H24O4S. The number of carbonyl (C=O) groups is 3. The SMILES string of the molecule is CCCCC(CC)COC(=O)c1sc2c(c1C)C(=O)c1ccccc1C2=O. The third-order valence-electron chi connectivity index (χ3n) is 5.18. The lowest BCUT2D eigenvalue weighted by molar-refractivity contribution is 0.0433. The quantitative estimate of drug-likeness (QED) is 0.525. The molecule has 1 aromatic carbocycles. The molecule has 0 amide bonds. The zero-order chi connectivity index (χ0) is 19.6. The first-order valence-corrected chi connectivity index (χ1v) is 10.3. The van der Waals surface area contributed by atoms with Crippen molar-refractivity contribution in [3.63, 3.8) is 0 Å². The average Bonchev–Trinajstić information content (AvgIpc) is 3.04. The van der Waals surface area contributed by atoms with Gasteiger partial charge in [0.25, 0.3) is 0 Å². The van der Waals surface area contributed by atoms with E-state index < -0.39 is 5.97 Å². The van der Waals surface area contributed by atoms with Crippen molar-refractivity contribution < 1.29 is 19.1 Å². The maximum absolute atomic E-state index is 12.8. The van der Waals surface area contributed by atoms with Crippen LogP contribution in [0, 0.1) is 12.8 Å². The molecule has 0 saturated heterocycles. The second-order valence-corrected chi connectivity index (χ2v) is 8.00. The van der Waals surface area contributed by atoms with Crippen LogP contribution in [0.4, 0.5) is 0 Å². The van der Waals surface area contributed by atoms with Gasteiger partial charge in [-0.15, -0.1) is 11.3 Å². The Morgan fingerprint density at radius 1 is 1.11 bits per heavy atom. The summed E-state index contributed by atoms with van der Waals surface area (Å²) in [5.41, 5.74) is 1.71. The van der Waals surface area contributed by atoms with Crippen LogP contribution in [0.15, 0.2) is 24.3 Å². The largest absolute Gasteiger partial charge is 0.461 e. The molecule has 0 fully saturated rings. The van der Waals surface area contributed by atoms with Crippen molar-refractivity contribution in [3.05, 3.63) is 56.3 Å². The van der Waals surface area contributed by atoms with E-state index in [1.807, 2.05) is 0 Å². The van der Waals surface area contributed by atoms with E-state index in [1.54, 1.807) is 31.2 Å². The van der Waals surface area contributed by atoms with Crippen LogP contribution in [0.25, 0.3) is 0 Å². The molecule has 0 bridgehead atoms. The third-order valence-corrected chi connectivity index (χ3v) is 6.45. The molecule has 3 rings (SSSR count). The van der Waals surface area contributed by atoms with E-state index >= 15 is 0 Å². The number of hydrogen-bond donors (Lipinski definition) is 0.